The number of hydrogen-bond donors (Lipinski definition) is 0. The van der Waals surface area contributed by atoms with Crippen LogP contribution >= 0.6 is 0 Å². The van der Waals surface area contributed by atoms with Gasteiger partial charge in [0, 0.05) is 31.4 Å². The molecule has 0 bridgehead atoms. The minimum absolute atomic E-state index is 0.0508. The monoisotopic (exact) mass is 1120 g/mol. The first-order chi connectivity index (χ1) is 39.1. The molecule has 22 nitrogen and oxygen atoms in total. The Balaban J connectivity index is 0.00000128. The second kappa shape index (κ2) is 35.2. The van der Waals surface area contributed by atoms with Crippen LogP contribution in [-0.2, 0) is 79.6 Å². The van der Waals surface area contributed by atoms with Gasteiger partial charge in [0.25, 0.3) is 6.47 Å². The fourth-order valence-electron chi connectivity index (χ4n) is 7.33. The highest BCUT2D eigenvalue weighted by Crippen LogP contribution is 2.36. The van der Waals surface area contributed by atoms with Crippen molar-refractivity contribution in [1.29, 1.82) is 0 Å². The first kappa shape index (κ1) is 64.2. The van der Waals surface area contributed by atoms with Gasteiger partial charge in [-0.2, -0.15) is 0 Å². The molecular formula is C59H64O22. The molecule has 0 aliphatic heterocycles. The number of benzene rings is 4. The predicted molar refractivity (Wildman–Crippen MR) is 284 cm³/mol. The summed E-state index contributed by atoms with van der Waals surface area (Å²) >= 11 is 0. The zero-order valence-corrected chi connectivity index (χ0v) is 45.2. The standard InChI is InChI=1S/C53H56O18.C6H8O4/c1-5-7-47(55)64-28-26-34-8-18-40(19-9-34)68-52(60)38-16-22-42(44(32-38)62-3)70-50(58)36-12-14-37(15-13-36)51(59)71-43-23-17-39(33-45(43)63-4)53(61)69-41-20-10-35(11-21-41)27-29-65-48(56)24-25-49(57)67-31-30-66-46(54)6-2;1-2-6(8)10-4-3-9-5-7/h6,8-11,16-23,32-33,36-37H,2,5,7,12-15,24-31H2,1,3-4H3;2,5H,1,3-4H2. The summed E-state index contributed by atoms with van der Waals surface area (Å²) in [6.45, 7) is 8.83. The van der Waals surface area contributed by atoms with E-state index in [0.717, 1.165) is 29.7 Å². The van der Waals surface area contributed by atoms with Crippen LogP contribution in [0.4, 0.5) is 0 Å². The highest BCUT2D eigenvalue weighted by Gasteiger charge is 2.33. The molecule has 0 saturated heterocycles. The average molecular weight is 1130 g/mol. The molecule has 1 aliphatic carbocycles. The number of methoxy groups -OCH3 is 2. The summed E-state index contributed by atoms with van der Waals surface area (Å²) in [7, 11) is 2.75. The van der Waals surface area contributed by atoms with Gasteiger partial charge < -0.3 is 56.8 Å². The summed E-state index contributed by atoms with van der Waals surface area (Å²) < 4.78 is 61.9. The Hall–Kier alpha value is -9.34. The molecular weight excluding hydrogens is 1060 g/mol. The van der Waals surface area contributed by atoms with E-state index in [1.165, 1.54) is 50.6 Å². The molecule has 0 amide bonds. The molecule has 0 aromatic heterocycles. The van der Waals surface area contributed by atoms with Crippen LogP contribution in [0.3, 0.4) is 0 Å². The fraction of sp³-hybridized carbons (Fsp3) is 0.356. The third-order valence-electron chi connectivity index (χ3n) is 11.6. The lowest BCUT2D eigenvalue weighted by molar-refractivity contribution is -0.152. The summed E-state index contributed by atoms with van der Waals surface area (Å²) in [5.41, 5.74) is 2.00. The van der Waals surface area contributed by atoms with E-state index in [1.807, 2.05) is 6.92 Å². The van der Waals surface area contributed by atoms with Gasteiger partial charge >= 0.3 is 53.7 Å². The van der Waals surface area contributed by atoms with Crippen LogP contribution in [0.2, 0.25) is 0 Å². The van der Waals surface area contributed by atoms with Crippen molar-refractivity contribution in [3.63, 3.8) is 0 Å². The third kappa shape index (κ3) is 23.3. The van der Waals surface area contributed by atoms with Crippen LogP contribution in [0.15, 0.2) is 110 Å². The topological polar surface area (TPSA) is 281 Å². The number of rotatable bonds is 30. The van der Waals surface area contributed by atoms with Crippen molar-refractivity contribution >= 4 is 60.2 Å². The lowest BCUT2D eigenvalue weighted by atomic mass is 9.82. The molecule has 0 heterocycles. The molecule has 0 unspecified atom stereocenters. The molecule has 4 aromatic rings. The Morgan fingerprint density at radius 2 is 0.852 bits per heavy atom. The van der Waals surface area contributed by atoms with Gasteiger partial charge in [0.05, 0.1) is 63.2 Å². The number of ether oxygens (including phenoxy) is 12. The van der Waals surface area contributed by atoms with E-state index in [1.54, 1.807) is 48.5 Å². The quantitative estimate of drug-likeness (QED) is 0.0123. The molecule has 4 aromatic carbocycles. The Bertz CT molecular complexity index is 2790. The molecule has 5 rings (SSSR count). The van der Waals surface area contributed by atoms with Crippen molar-refractivity contribution in [2.24, 2.45) is 11.8 Å². The molecule has 0 atom stereocenters. The number of carbonyl (C=O) groups is 10. The van der Waals surface area contributed by atoms with Crippen LogP contribution in [0.5, 0.6) is 34.5 Å². The van der Waals surface area contributed by atoms with Crippen molar-refractivity contribution in [3.8, 4) is 34.5 Å². The first-order valence-electron chi connectivity index (χ1n) is 25.6. The van der Waals surface area contributed by atoms with E-state index in [2.05, 4.69) is 22.6 Å². The molecule has 0 spiro atoms. The minimum atomic E-state index is -0.695. The summed E-state index contributed by atoms with van der Waals surface area (Å²) in [4.78, 5) is 119. The lowest BCUT2D eigenvalue weighted by Gasteiger charge is -2.26. The van der Waals surface area contributed by atoms with Crippen LogP contribution in [-0.4, -0.2) is 114 Å². The number of hydrogen-bond acceptors (Lipinski definition) is 22. The Morgan fingerprint density at radius 1 is 0.469 bits per heavy atom. The van der Waals surface area contributed by atoms with Gasteiger partial charge in [-0.1, -0.05) is 44.3 Å². The van der Waals surface area contributed by atoms with E-state index >= 15 is 0 Å². The van der Waals surface area contributed by atoms with E-state index in [4.69, 9.17) is 47.4 Å². The van der Waals surface area contributed by atoms with Gasteiger partial charge in [0.15, 0.2) is 23.0 Å². The van der Waals surface area contributed by atoms with Crippen molar-refractivity contribution in [2.75, 3.05) is 53.9 Å². The zero-order chi connectivity index (χ0) is 58.9. The van der Waals surface area contributed by atoms with Gasteiger partial charge in [-0.3, -0.25) is 28.8 Å². The maximum atomic E-state index is 13.3. The minimum Gasteiger partial charge on any atom is -0.493 e. The van der Waals surface area contributed by atoms with Crippen molar-refractivity contribution in [1.82, 2.24) is 0 Å². The summed E-state index contributed by atoms with van der Waals surface area (Å²) in [5, 5.41) is 0. The summed E-state index contributed by atoms with van der Waals surface area (Å²) in [6, 6.07) is 22.0. The largest absolute Gasteiger partial charge is 0.493 e. The maximum Gasteiger partial charge on any atom is 0.343 e. The van der Waals surface area contributed by atoms with Crippen molar-refractivity contribution in [2.45, 2.75) is 71.1 Å². The van der Waals surface area contributed by atoms with Gasteiger partial charge in [-0.25, -0.2) is 19.2 Å². The van der Waals surface area contributed by atoms with Crippen molar-refractivity contribution < 1.29 is 105 Å². The Morgan fingerprint density at radius 3 is 1.23 bits per heavy atom. The smallest absolute Gasteiger partial charge is 0.343 e. The molecule has 1 fully saturated rings. The van der Waals surface area contributed by atoms with Gasteiger partial charge in [0.2, 0.25) is 0 Å². The van der Waals surface area contributed by atoms with Gasteiger partial charge in [0.1, 0.15) is 37.9 Å². The third-order valence-corrected chi connectivity index (χ3v) is 11.6. The highest BCUT2D eigenvalue weighted by molar-refractivity contribution is 5.93. The fourth-order valence-corrected chi connectivity index (χ4v) is 7.33. The highest BCUT2D eigenvalue weighted by atomic mass is 16.6. The van der Waals surface area contributed by atoms with Crippen LogP contribution in [0, 0.1) is 11.8 Å². The Labute approximate surface area is 467 Å². The first-order valence-corrected chi connectivity index (χ1v) is 25.6. The van der Waals surface area contributed by atoms with Crippen LogP contribution < -0.4 is 28.4 Å². The van der Waals surface area contributed by atoms with E-state index in [9.17, 15) is 47.9 Å². The Kier molecular flexibility index (Phi) is 27.9. The number of carbonyl (C=O) groups excluding carboxylic acids is 10. The van der Waals surface area contributed by atoms with Gasteiger partial charge in [-0.15, -0.1) is 0 Å². The molecule has 1 aliphatic rings. The summed E-state index contributed by atoms with van der Waals surface area (Å²) in [6.07, 6.45) is 5.03. The van der Waals surface area contributed by atoms with E-state index in [0.29, 0.717) is 57.2 Å². The van der Waals surface area contributed by atoms with Crippen LogP contribution in [0.25, 0.3) is 0 Å². The molecule has 432 valence electrons. The zero-order valence-electron chi connectivity index (χ0n) is 45.2. The normalized spacial score (nSPS) is 13.1. The number of esters is 9. The lowest BCUT2D eigenvalue weighted by Crippen LogP contribution is -2.30. The second-order valence-electron chi connectivity index (χ2n) is 17.3. The molecule has 22 heteroatoms. The SMILES string of the molecule is C=CC(=O)OCCOC(=O)CCC(=O)OCCc1ccc(OC(=O)c2ccc(OC(=O)C3CCC(C(=O)Oc4ccc(C(=O)Oc5ccc(CCOC(=O)CCC)cc5)cc4OC)CC3)c(OC)c2)cc1.C=CC(=O)OCCOC=O. The predicted octanol–water partition coefficient (Wildman–Crippen LogP) is 7.37. The molecule has 0 N–H and O–H groups in total. The molecule has 1 saturated carbocycles. The van der Waals surface area contributed by atoms with Crippen molar-refractivity contribution in [3.05, 3.63) is 132 Å². The summed E-state index contributed by atoms with van der Waals surface area (Å²) in [5.74, 6) is -4.96. The molecule has 81 heavy (non-hydrogen) atoms. The second-order valence-corrected chi connectivity index (χ2v) is 17.3. The van der Waals surface area contributed by atoms with Gasteiger partial charge in [-0.05, 0) is 104 Å². The maximum absolute atomic E-state index is 13.3. The van der Waals surface area contributed by atoms with E-state index < -0.39 is 59.6 Å². The average Bonchev–Trinajstić information content (AvgIpc) is 3.58. The van der Waals surface area contributed by atoms with E-state index in [-0.39, 0.29) is 98.3 Å². The molecule has 0 radical (unpaired) electrons. The van der Waals surface area contributed by atoms with Crippen LogP contribution in [0.1, 0.15) is 90.1 Å².